The highest BCUT2D eigenvalue weighted by atomic mass is 35.5. The fraction of sp³-hybridized carbons (Fsp3) is 0.0476. The number of benzene rings is 2. The molecule has 0 unspecified atom stereocenters. The van der Waals surface area contributed by atoms with Gasteiger partial charge in [0.1, 0.15) is 5.82 Å². The number of nitrogens with zero attached hydrogens (tertiary/aromatic N) is 1. The predicted octanol–water partition coefficient (Wildman–Crippen LogP) is 1.03. The highest BCUT2D eigenvalue weighted by Gasteiger charge is 2.10. The summed E-state index contributed by atoms with van der Waals surface area (Å²) in [5, 5.41) is 9.11. The Morgan fingerprint density at radius 1 is 1.00 bits per heavy atom. The van der Waals surface area contributed by atoms with Crippen LogP contribution in [0, 0.1) is 5.82 Å². The van der Waals surface area contributed by atoms with Crippen LogP contribution in [-0.2, 0) is 6.54 Å². The van der Waals surface area contributed by atoms with Crippen molar-refractivity contribution in [2.45, 2.75) is 6.54 Å². The molecule has 1 aromatic heterocycles. The van der Waals surface area contributed by atoms with E-state index in [0.717, 1.165) is 11.3 Å². The highest BCUT2D eigenvalue weighted by Crippen LogP contribution is 2.11. The van der Waals surface area contributed by atoms with Crippen LogP contribution in [0.5, 0.6) is 0 Å². The van der Waals surface area contributed by atoms with Crippen molar-refractivity contribution in [3.05, 3.63) is 101 Å². The minimum absolute atomic E-state index is 0. The molecule has 2 aromatic carbocycles. The molecule has 0 bridgehead atoms. The number of aromatic carboxylic acids is 1. The number of carboxylic acids is 1. The molecule has 26 heavy (non-hydrogen) atoms. The van der Waals surface area contributed by atoms with Gasteiger partial charge in [-0.1, -0.05) is 30.3 Å². The first-order chi connectivity index (χ1) is 12.1. The Balaban J connectivity index is 0.00000243. The first-order valence-electron chi connectivity index (χ1n) is 7.87. The normalized spacial score (nSPS) is 10.5. The average Bonchev–Trinajstić information content (AvgIpc) is 2.62. The van der Waals surface area contributed by atoms with Crippen molar-refractivity contribution in [2.75, 3.05) is 0 Å². The smallest absolute Gasteiger partial charge is 0.335 e. The molecule has 0 spiro atoms. The number of carbonyl (C=O) groups is 1. The molecule has 0 saturated carbocycles. The number of rotatable bonds is 5. The second kappa shape index (κ2) is 8.92. The van der Waals surface area contributed by atoms with E-state index in [9.17, 15) is 9.18 Å². The van der Waals surface area contributed by atoms with E-state index in [-0.39, 0.29) is 23.8 Å². The van der Waals surface area contributed by atoms with E-state index in [1.165, 1.54) is 6.07 Å². The van der Waals surface area contributed by atoms with E-state index in [0.29, 0.717) is 12.1 Å². The number of aromatic nitrogens is 1. The van der Waals surface area contributed by atoms with Crippen LogP contribution in [0.25, 0.3) is 12.2 Å². The number of hydrogen-bond donors (Lipinski definition) is 1. The van der Waals surface area contributed by atoms with Crippen LogP contribution in [0.15, 0.2) is 72.9 Å². The van der Waals surface area contributed by atoms with Crippen LogP contribution in [0.1, 0.15) is 27.2 Å². The molecule has 0 aliphatic heterocycles. The zero-order valence-corrected chi connectivity index (χ0v) is 14.6. The van der Waals surface area contributed by atoms with Crippen molar-refractivity contribution in [1.82, 2.24) is 0 Å². The van der Waals surface area contributed by atoms with Crippen LogP contribution < -0.4 is 17.0 Å². The summed E-state index contributed by atoms with van der Waals surface area (Å²) in [6.45, 7) is 0.527. The van der Waals surface area contributed by atoms with Crippen molar-refractivity contribution < 1.29 is 31.3 Å². The van der Waals surface area contributed by atoms with Crippen LogP contribution in [0.3, 0.4) is 0 Å². The lowest BCUT2D eigenvalue weighted by Gasteiger charge is -2.03. The molecule has 3 aromatic rings. The maximum atomic E-state index is 13.7. The fourth-order valence-electron chi connectivity index (χ4n) is 2.57. The summed E-state index contributed by atoms with van der Waals surface area (Å²) in [5.41, 5.74) is 2.56. The molecule has 0 fully saturated rings. The largest absolute Gasteiger partial charge is 1.00 e. The van der Waals surface area contributed by atoms with Crippen molar-refractivity contribution in [1.29, 1.82) is 0 Å². The number of halogens is 2. The summed E-state index contributed by atoms with van der Waals surface area (Å²) in [4.78, 5) is 11.1. The molecular weight excluding hydrogens is 353 g/mol. The Morgan fingerprint density at radius 2 is 1.77 bits per heavy atom. The molecule has 0 aliphatic rings. The first-order valence-corrected chi connectivity index (χ1v) is 7.87. The van der Waals surface area contributed by atoms with Gasteiger partial charge in [0, 0.05) is 29.3 Å². The van der Waals surface area contributed by atoms with Crippen molar-refractivity contribution in [3.8, 4) is 0 Å². The van der Waals surface area contributed by atoms with Crippen molar-refractivity contribution in [3.63, 3.8) is 0 Å². The number of pyridine rings is 1. The standard InChI is InChI=1S/C21H16FNO2.ClH/c22-20-10-2-1-7-17(20)11-12-19-9-3-4-13-23(19)15-16-6-5-8-18(14-16)21(24)25;/h1-14H,15H2;1H/b12-11+;. The van der Waals surface area contributed by atoms with Gasteiger partial charge in [-0.15, -0.1) is 0 Å². The second-order valence-corrected chi connectivity index (χ2v) is 5.61. The highest BCUT2D eigenvalue weighted by molar-refractivity contribution is 5.87. The van der Waals surface area contributed by atoms with E-state index in [4.69, 9.17) is 5.11 Å². The van der Waals surface area contributed by atoms with E-state index < -0.39 is 5.97 Å². The van der Waals surface area contributed by atoms with Crippen molar-refractivity contribution in [2.24, 2.45) is 0 Å². The van der Waals surface area contributed by atoms with Crippen LogP contribution in [-0.4, -0.2) is 11.1 Å². The third-order valence-electron chi connectivity index (χ3n) is 3.84. The zero-order chi connectivity index (χ0) is 17.6. The molecule has 3 nitrogen and oxygen atoms in total. The molecule has 0 saturated heterocycles. The molecule has 0 aliphatic carbocycles. The maximum Gasteiger partial charge on any atom is 0.335 e. The van der Waals surface area contributed by atoms with Gasteiger partial charge < -0.3 is 17.5 Å². The summed E-state index contributed by atoms with van der Waals surface area (Å²) in [5.74, 6) is -1.21. The molecule has 0 atom stereocenters. The molecule has 5 heteroatoms. The van der Waals surface area contributed by atoms with E-state index in [1.54, 1.807) is 42.5 Å². The number of hydrogen-bond acceptors (Lipinski definition) is 1. The van der Waals surface area contributed by atoms with Gasteiger partial charge in [-0.25, -0.2) is 9.18 Å². The van der Waals surface area contributed by atoms with Crippen LogP contribution >= 0.6 is 0 Å². The summed E-state index contributed by atoms with van der Waals surface area (Å²) in [7, 11) is 0. The summed E-state index contributed by atoms with van der Waals surface area (Å²) < 4.78 is 15.7. The predicted molar refractivity (Wildman–Crippen MR) is 94.5 cm³/mol. The van der Waals surface area contributed by atoms with Gasteiger partial charge in [0.05, 0.1) is 5.56 Å². The van der Waals surface area contributed by atoms with E-state index in [2.05, 4.69) is 0 Å². The molecule has 1 N–H and O–H groups in total. The summed E-state index contributed by atoms with van der Waals surface area (Å²) in [6.07, 6.45) is 5.49. The molecule has 132 valence electrons. The van der Waals surface area contributed by atoms with E-state index in [1.807, 2.05) is 41.1 Å². The molecule has 1 heterocycles. The van der Waals surface area contributed by atoms with Gasteiger partial charge in [-0.2, -0.15) is 4.57 Å². The number of carboxylic acid groups (broad SMARTS) is 1. The van der Waals surface area contributed by atoms with Crippen molar-refractivity contribution >= 4 is 18.1 Å². The minimum atomic E-state index is -0.945. The lowest BCUT2D eigenvalue weighted by Crippen LogP contribution is -3.00. The van der Waals surface area contributed by atoms with Crippen LogP contribution in [0.4, 0.5) is 4.39 Å². The topological polar surface area (TPSA) is 41.2 Å². The lowest BCUT2D eigenvalue weighted by atomic mass is 10.1. The molecular formula is C21H17ClFNO2. The van der Waals surface area contributed by atoms with Gasteiger partial charge in [0.2, 0.25) is 5.69 Å². The van der Waals surface area contributed by atoms with Gasteiger partial charge in [0.15, 0.2) is 12.7 Å². The minimum Gasteiger partial charge on any atom is -1.00 e. The Morgan fingerprint density at radius 3 is 2.54 bits per heavy atom. The van der Waals surface area contributed by atoms with Gasteiger partial charge in [-0.3, -0.25) is 0 Å². The third kappa shape index (κ3) is 4.77. The third-order valence-corrected chi connectivity index (χ3v) is 3.84. The van der Waals surface area contributed by atoms with Crippen LogP contribution in [0.2, 0.25) is 0 Å². The Bertz CT molecular complexity index is 941. The molecule has 0 radical (unpaired) electrons. The van der Waals surface area contributed by atoms with E-state index >= 15 is 0 Å². The summed E-state index contributed by atoms with van der Waals surface area (Å²) in [6, 6.07) is 19.2. The Labute approximate surface area is 157 Å². The monoisotopic (exact) mass is 369 g/mol. The second-order valence-electron chi connectivity index (χ2n) is 5.61. The van der Waals surface area contributed by atoms with Gasteiger partial charge >= 0.3 is 5.97 Å². The zero-order valence-electron chi connectivity index (χ0n) is 13.8. The fourth-order valence-corrected chi connectivity index (χ4v) is 2.57. The van der Waals surface area contributed by atoms with Gasteiger partial charge in [0.25, 0.3) is 0 Å². The SMILES string of the molecule is O=C(O)c1cccc(C[n+]2ccccc2/C=C/c2ccccc2F)c1.[Cl-]. The Kier molecular flexibility index (Phi) is 6.64. The first kappa shape index (κ1) is 19.3. The Hall–Kier alpha value is -2.98. The molecule has 3 rings (SSSR count). The maximum absolute atomic E-state index is 13.7. The average molecular weight is 370 g/mol. The quantitative estimate of drug-likeness (QED) is 0.683. The van der Waals surface area contributed by atoms with Gasteiger partial charge in [-0.05, 0) is 30.3 Å². The lowest BCUT2D eigenvalue weighted by molar-refractivity contribution is -0.690. The molecule has 0 amide bonds. The summed E-state index contributed by atoms with van der Waals surface area (Å²) >= 11 is 0.